The third-order valence-corrected chi connectivity index (χ3v) is 4.12. The maximum atomic E-state index is 4.81. The van der Waals surface area contributed by atoms with Gasteiger partial charge >= 0.3 is 0 Å². The fourth-order valence-electron chi connectivity index (χ4n) is 2.88. The first-order valence-electron chi connectivity index (χ1n) is 8.08. The fourth-order valence-corrected chi connectivity index (χ4v) is 2.88. The van der Waals surface area contributed by atoms with Crippen LogP contribution in [0.5, 0.6) is 0 Å². The van der Waals surface area contributed by atoms with Gasteiger partial charge in [-0.3, -0.25) is 9.98 Å². The van der Waals surface area contributed by atoms with Crippen LogP contribution in [-0.2, 0) is 0 Å². The van der Waals surface area contributed by atoms with Crippen LogP contribution in [0.1, 0.15) is 36.8 Å². The van der Waals surface area contributed by atoms with Crippen molar-refractivity contribution in [1.82, 2.24) is 0 Å². The molecule has 0 amide bonds. The summed E-state index contributed by atoms with van der Waals surface area (Å²) in [6.07, 6.45) is 8.80. The predicted octanol–water partition coefficient (Wildman–Crippen LogP) is 4.54. The van der Waals surface area contributed by atoms with E-state index in [1.54, 1.807) is 0 Å². The number of rotatable bonds is 4. The van der Waals surface area contributed by atoms with Gasteiger partial charge in [0.05, 0.1) is 12.1 Å². The Bertz CT molecular complexity index is 559. The molecule has 0 heterocycles. The minimum atomic E-state index is 0.314. The maximum Gasteiger partial charge on any atom is 0.0723 e. The van der Waals surface area contributed by atoms with Crippen molar-refractivity contribution in [1.29, 1.82) is 0 Å². The van der Waals surface area contributed by atoms with Gasteiger partial charge in [-0.25, -0.2) is 0 Å². The highest BCUT2D eigenvalue weighted by atomic mass is 14.9. The zero-order valence-corrected chi connectivity index (χ0v) is 12.8. The molecule has 0 aliphatic heterocycles. The van der Waals surface area contributed by atoms with Crippen molar-refractivity contribution in [2.75, 3.05) is 0 Å². The largest absolute Gasteiger partial charge is 0.287 e. The molecule has 2 nitrogen and oxygen atoms in total. The van der Waals surface area contributed by atoms with Crippen LogP contribution in [0.3, 0.4) is 0 Å². The quantitative estimate of drug-likeness (QED) is 0.739. The van der Waals surface area contributed by atoms with Crippen molar-refractivity contribution < 1.29 is 0 Å². The fraction of sp³-hybridized carbons (Fsp3) is 0.300. The lowest BCUT2D eigenvalue weighted by atomic mass is 9.91. The smallest absolute Gasteiger partial charge is 0.0723 e. The molecule has 0 spiro atoms. The molecule has 2 atom stereocenters. The van der Waals surface area contributed by atoms with Crippen LogP contribution in [0.25, 0.3) is 0 Å². The van der Waals surface area contributed by atoms with Gasteiger partial charge in [-0.2, -0.15) is 0 Å². The zero-order chi connectivity index (χ0) is 15.0. The van der Waals surface area contributed by atoms with Crippen molar-refractivity contribution in [2.45, 2.75) is 37.8 Å². The van der Waals surface area contributed by atoms with E-state index in [2.05, 4.69) is 24.3 Å². The van der Waals surface area contributed by atoms with E-state index in [4.69, 9.17) is 9.98 Å². The molecule has 2 aromatic carbocycles. The molecule has 2 heteroatoms. The summed E-state index contributed by atoms with van der Waals surface area (Å²) in [6.45, 7) is 0. The second-order valence-corrected chi connectivity index (χ2v) is 5.80. The summed E-state index contributed by atoms with van der Waals surface area (Å²) in [6, 6.07) is 21.3. The van der Waals surface area contributed by atoms with Gasteiger partial charge in [0.25, 0.3) is 0 Å². The van der Waals surface area contributed by atoms with Crippen LogP contribution in [0.2, 0.25) is 0 Å². The van der Waals surface area contributed by atoms with Crippen LogP contribution in [0.15, 0.2) is 70.6 Å². The molecule has 0 aromatic heterocycles. The van der Waals surface area contributed by atoms with E-state index in [1.807, 2.05) is 48.8 Å². The molecule has 2 aromatic rings. The highest BCUT2D eigenvalue weighted by Crippen LogP contribution is 2.24. The van der Waals surface area contributed by atoms with Crippen LogP contribution in [0.4, 0.5) is 0 Å². The number of aliphatic imine (C=N–C) groups is 2. The summed E-state index contributed by atoms with van der Waals surface area (Å²) in [7, 11) is 0. The number of hydrogen-bond acceptors (Lipinski definition) is 2. The van der Waals surface area contributed by atoms with Crippen molar-refractivity contribution in [3.8, 4) is 0 Å². The van der Waals surface area contributed by atoms with Crippen LogP contribution < -0.4 is 0 Å². The lowest BCUT2D eigenvalue weighted by Gasteiger charge is -2.25. The second kappa shape index (κ2) is 7.69. The average Bonchev–Trinajstić information content (AvgIpc) is 2.61. The minimum Gasteiger partial charge on any atom is -0.287 e. The predicted molar refractivity (Wildman–Crippen MR) is 94.1 cm³/mol. The summed E-state index contributed by atoms with van der Waals surface area (Å²) < 4.78 is 0. The zero-order valence-electron chi connectivity index (χ0n) is 12.8. The van der Waals surface area contributed by atoms with Crippen LogP contribution in [0, 0.1) is 0 Å². The van der Waals surface area contributed by atoms with Gasteiger partial charge in [-0.15, -0.1) is 0 Å². The molecule has 3 rings (SSSR count). The molecular weight excluding hydrogens is 268 g/mol. The Morgan fingerprint density at radius 3 is 1.45 bits per heavy atom. The van der Waals surface area contributed by atoms with E-state index >= 15 is 0 Å². The van der Waals surface area contributed by atoms with E-state index in [0.717, 1.165) is 12.8 Å². The molecule has 0 saturated heterocycles. The lowest BCUT2D eigenvalue weighted by Crippen LogP contribution is -2.27. The SMILES string of the molecule is C(=N[C@H]1CCCC[C@@H]1N=Cc1ccccc1)c1ccccc1. The number of hydrogen-bond donors (Lipinski definition) is 0. The van der Waals surface area contributed by atoms with Crippen LogP contribution >= 0.6 is 0 Å². The van der Waals surface area contributed by atoms with E-state index in [1.165, 1.54) is 24.0 Å². The van der Waals surface area contributed by atoms with Crippen molar-refractivity contribution in [3.05, 3.63) is 71.8 Å². The number of nitrogens with zero attached hydrogens (tertiary/aromatic N) is 2. The average molecular weight is 290 g/mol. The molecule has 0 radical (unpaired) electrons. The van der Waals surface area contributed by atoms with E-state index in [-0.39, 0.29) is 0 Å². The van der Waals surface area contributed by atoms with Gasteiger partial charge in [0.1, 0.15) is 0 Å². The molecule has 0 unspecified atom stereocenters. The highest BCUT2D eigenvalue weighted by Gasteiger charge is 2.22. The maximum absolute atomic E-state index is 4.81. The standard InChI is InChI=1S/C20H22N2/c1-3-9-17(10-4-1)15-21-19-13-7-8-14-20(19)22-16-18-11-5-2-6-12-18/h1-6,9-12,15-16,19-20H,7-8,13-14H2/t19-,20-/m0/s1. The molecule has 1 fully saturated rings. The van der Waals surface area contributed by atoms with E-state index in [0.29, 0.717) is 12.1 Å². The third-order valence-electron chi connectivity index (χ3n) is 4.12. The first kappa shape index (κ1) is 14.7. The Balaban J connectivity index is 1.69. The molecule has 1 saturated carbocycles. The molecular formula is C20H22N2. The summed E-state index contributed by atoms with van der Waals surface area (Å²) in [4.78, 5) is 9.62. The normalized spacial score (nSPS) is 22.4. The van der Waals surface area contributed by atoms with E-state index < -0.39 is 0 Å². The Kier molecular flexibility index (Phi) is 5.14. The minimum absolute atomic E-state index is 0.314. The molecule has 1 aliphatic carbocycles. The first-order chi connectivity index (χ1) is 10.9. The lowest BCUT2D eigenvalue weighted by molar-refractivity contribution is 0.390. The van der Waals surface area contributed by atoms with Crippen molar-refractivity contribution in [2.24, 2.45) is 9.98 Å². The summed E-state index contributed by atoms with van der Waals surface area (Å²) in [5, 5.41) is 0. The molecule has 1 aliphatic rings. The van der Waals surface area contributed by atoms with Gasteiger partial charge in [0.2, 0.25) is 0 Å². The molecule has 0 bridgehead atoms. The van der Waals surface area contributed by atoms with Gasteiger partial charge in [0.15, 0.2) is 0 Å². The van der Waals surface area contributed by atoms with Gasteiger partial charge in [-0.1, -0.05) is 73.5 Å². The summed E-state index contributed by atoms with van der Waals surface area (Å²) in [5.74, 6) is 0. The second-order valence-electron chi connectivity index (χ2n) is 5.80. The first-order valence-corrected chi connectivity index (χ1v) is 8.08. The molecule has 112 valence electrons. The summed E-state index contributed by atoms with van der Waals surface area (Å²) >= 11 is 0. The topological polar surface area (TPSA) is 24.7 Å². The third kappa shape index (κ3) is 4.14. The Hall–Kier alpha value is -2.22. The molecule has 22 heavy (non-hydrogen) atoms. The highest BCUT2D eigenvalue weighted by molar-refractivity contribution is 5.80. The van der Waals surface area contributed by atoms with E-state index in [9.17, 15) is 0 Å². The van der Waals surface area contributed by atoms with Crippen LogP contribution in [-0.4, -0.2) is 24.5 Å². The van der Waals surface area contributed by atoms with Crippen molar-refractivity contribution >= 4 is 12.4 Å². The van der Waals surface area contributed by atoms with Gasteiger partial charge in [0, 0.05) is 12.4 Å². The molecule has 0 N–H and O–H groups in total. The monoisotopic (exact) mass is 290 g/mol. The summed E-state index contributed by atoms with van der Waals surface area (Å²) in [5.41, 5.74) is 2.33. The van der Waals surface area contributed by atoms with Gasteiger partial charge in [-0.05, 0) is 24.0 Å². The Labute approximate surface area is 132 Å². The Morgan fingerprint density at radius 1 is 0.636 bits per heavy atom. The Morgan fingerprint density at radius 2 is 1.05 bits per heavy atom. The van der Waals surface area contributed by atoms with Crippen molar-refractivity contribution in [3.63, 3.8) is 0 Å². The van der Waals surface area contributed by atoms with Gasteiger partial charge < -0.3 is 0 Å². The number of benzene rings is 2.